The molecule has 0 amide bonds. The normalized spacial score (nSPS) is 12.0. The van der Waals surface area contributed by atoms with Gasteiger partial charge in [0.15, 0.2) is 11.5 Å². The molecule has 148 valence electrons. The molecule has 4 N–H and O–H groups in total. The minimum absolute atomic E-state index is 0.0474. The SMILES string of the molecule is COc1ccc(Cc2c(OCC(C)O)c3c(N)cccc3[nH]c2=O)cc1OC. The topological polar surface area (TPSA) is 107 Å². The van der Waals surface area contributed by atoms with Crippen molar-refractivity contribution in [3.05, 3.63) is 57.9 Å². The number of nitrogens with two attached hydrogens (primary N) is 1. The molecule has 0 spiro atoms. The van der Waals surface area contributed by atoms with Gasteiger partial charge < -0.3 is 30.0 Å². The standard InChI is InChI=1S/C21H24N2O5/c1-12(24)11-28-20-14(9-13-7-8-17(26-2)18(10-13)27-3)21(25)23-16-6-4-5-15(22)19(16)20/h4-8,10,12,24H,9,11,22H2,1-3H3,(H,23,25). The van der Waals surface area contributed by atoms with Crippen molar-refractivity contribution in [1.29, 1.82) is 0 Å². The van der Waals surface area contributed by atoms with Crippen LogP contribution in [0.2, 0.25) is 0 Å². The summed E-state index contributed by atoms with van der Waals surface area (Å²) in [6.45, 7) is 1.67. The Morgan fingerprint density at radius 1 is 1.14 bits per heavy atom. The lowest BCUT2D eigenvalue weighted by Gasteiger charge is -2.17. The molecule has 0 bridgehead atoms. The van der Waals surface area contributed by atoms with Gasteiger partial charge in [0.1, 0.15) is 12.4 Å². The van der Waals surface area contributed by atoms with E-state index in [2.05, 4.69) is 4.98 Å². The van der Waals surface area contributed by atoms with Crippen molar-refractivity contribution in [3.8, 4) is 17.2 Å². The maximum atomic E-state index is 12.8. The number of methoxy groups -OCH3 is 2. The van der Waals surface area contributed by atoms with E-state index in [4.69, 9.17) is 19.9 Å². The van der Waals surface area contributed by atoms with Gasteiger partial charge in [-0.1, -0.05) is 12.1 Å². The lowest BCUT2D eigenvalue weighted by molar-refractivity contribution is 0.123. The number of ether oxygens (including phenoxy) is 3. The van der Waals surface area contributed by atoms with Crippen LogP contribution < -0.4 is 25.5 Å². The van der Waals surface area contributed by atoms with Gasteiger partial charge in [-0.3, -0.25) is 4.79 Å². The summed E-state index contributed by atoms with van der Waals surface area (Å²) in [6.07, 6.45) is -0.386. The lowest BCUT2D eigenvalue weighted by atomic mass is 10.0. The van der Waals surface area contributed by atoms with Gasteiger partial charge in [0.25, 0.3) is 5.56 Å². The Balaban J connectivity index is 2.14. The van der Waals surface area contributed by atoms with Crippen molar-refractivity contribution in [2.75, 3.05) is 26.6 Å². The van der Waals surface area contributed by atoms with Gasteiger partial charge in [-0.05, 0) is 36.8 Å². The molecule has 7 nitrogen and oxygen atoms in total. The van der Waals surface area contributed by atoms with Gasteiger partial charge in [0, 0.05) is 12.1 Å². The Bertz CT molecular complexity index is 1040. The highest BCUT2D eigenvalue weighted by Crippen LogP contribution is 2.34. The van der Waals surface area contributed by atoms with E-state index >= 15 is 0 Å². The van der Waals surface area contributed by atoms with Crippen LogP contribution in [0.4, 0.5) is 5.69 Å². The van der Waals surface area contributed by atoms with Crippen molar-refractivity contribution >= 4 is 16.6 Å². The van der Waals surface area contributed by atoms with E-state index in [0.717, 1.165) is 5.56 Å². The van der Waals surface area contributed by atoms with Gasteiger partial charge in [0.2, 0.25) is 0 Å². The number of aromatic nitrogens is 1. The summed E-state index contributed by atoms with van der Waals surface area (Å²) in [5, 5.41) is 10.3. The summed E-state index contributed by atoms with van der Waals surface area (Å²) in [5.74, 6) is 1.56. The number of hydrogen-bond acceptors (Lipinski definition) is 6. The van der Waals surface area contributed by atoms with Crippen LogP contribution in [0.5, 0.6) is 17.2 Å². The molecule has 0 saturated heterocycles. The van der Waals surface area contributed by atoms with Crippen LogP contribution in [0.1, 0.15) is 18.1 Å². The second-order valence-corrected chi connectivity index (χ2v) is 6.56. The van der Waals surface area contributed by atoms with Crippen LogP contribution in [0.25, 0.3) is 10.9 Å². The summed E-state index contributed by atoms with van der Waals surface area (Å²) in [7, 11) is 3.12. The number of rotatable bonds is 7. The highest BCUT2D eigenvalue weighted by molar-refractivity contribution is 5.96. The van der Waals surface area contributed by atoms with E-state index in [1.807, 2.05) is 12.1 Å². The van der Waals surface area contributed by atoms with Crippen LogP contribution in [0.3, 0.4) is 0 Å². The van der Waals surface area contributed by atoms with Crippen LogP contribution >= 0.6 is 0 Å². The van der Waals surface area contributed by atoms with E-state index in [-0.39, 0.29) is 12.2 Å². The van der Waals surface area contributed by atoms with Crippen molar-refractivity contribution in [1.82, 2.24) is 4.98 Å². The molecule has 0 radical (unpaired) electrons. The van der Waals surface area contributed by atoms with E-state index in [9.17, 15) is 9.90 Å². The summed E-state index contributed by atoms with van der Waals surface area (Å²) < 4.78 is 16.5. The molecule has 3 rings (SSSR count). The molecule has 1 unspecified atom stereocenters. The Hall–Kier alpha value is -3.19. The van der Waals surface area contributed by atoms with Gasteiger partial charge >= 0.3 is 0 Å². The molecule has 0 aliphatic heterocycles. The highest BCUT2D eigenvalue weighted by Gasteiger charge is 2.18. The number of pyridine rings is 1. The number of nitrogen functional groups attached to an aromatic ring is 1. The minimum Gasteiger partial charge on any atom is -0.493 e. The molecule has 1 atom stereocenters. The number of H-pyrrole nitrogens is 1. The largest absolute Gasteiger partial charge is 0.493 e. The minimum atomic E-state index is -0.687. The Morgan fingerprint density at radius 2 is 1.89 bits per heavy atom. The summed E-state index contributed by atoms with van der Waals surface area (Å²) in [5.41, 5.74) is 8.24. The monoisotopic (exact) mass is 384 g/mol. The predicted molar refractivity (Wildman–Crippen MR) is 109 cm³/mol. The molecule has 7 heteroatoms. The molecule has 2 aromatic carbocycles. The molecular formula is C21H24N2O5. The second kappa shape index (κ2) is 8.22. The lowest BCUT2D eigenvalue weighted by Crippen LogP contribution is -2.20. The number of hydrogen-bond donors (Lipinski definition) is 3. The zero-order chi connectivity index (χ0) is 20.3. The number of aliphatic hydroxyl groups is 1. The zero-order valence-electron chi connectivity index (χ0n) is 16.1. The van der Waals surface area contributed by atoms with Crippen molar-refractivity contribution in [2.24, 2.45) is 0 Å². The molecule has 1 heterocycles. The van der Waals surface area contributed by atoms with Crippen LogP contribution in [0.15, 0.2) is 41.2 Å². The molecular weight excluding hydrogens is 360 g/mol. The van der Waals surface area contributed by atoms with Gasteiger partial charge in [-0.15, -0.1) is 0 Å². The average Bonchev–Trinajstić information content (AvgIpc) is 2.67. The fourth-order valence-electron chi connectivity index (χ4n) is 3.10. The Kier molecular flexibility index (Phi) is 5.75. The third-order valence-corrected chi connectivity index (χ3v) is 4.42. The van der Waals surface area contributed by atoms with Crippen LogP contribution in [0, 0.1) is 0 Å². The molecule has 28 heavy (non-hydrogen) atoms. The molecule has 3 aromatic rings. The first kappa shape index (κ1) is 19.6. The first-order valence-corrected chi connectivity index (χ1v) is 8.89. The average molecular weight is 384 g/mol. The Labute approximate surface area is 162 Å². The van der Waals surface area contributed by atoms with E-state index in [1.54, 1.807) is 45.4 Å². The van der Waals surface area contributed by atoms with Crippen LogP contribution in [-0.2, 0) is 6.42 Å². The molecule has 0 fully saturated rings. The number of anilines is 1. The van der Waals surface area contributed by atoms with Crippen molar-refractivity contribution in [2.45, 2.75) is 19.4 Å². The van der Waals surface area contributed by atoms with Crippen molar-refractivity contribution in [3.63, 3.8) is 0 Å². The van der Waals surface area contributed by atoms with Gasteiger partial charge in [0.05, 0.1) is 36.8 Å². The van der Waals surface area contributed by atoms with Gasteiger partial charge in [-0.2, -0.15) is 0 Å². The highest BCUT2D eigenvalue weighted by atomic mass is 16.5. The summed E-state index contributed by atoms with van der Waals surface area (Å²) in [6, 6.07) is 10.7. The fourth-order valence-corrected chi connectivity index (χ4v) is 3.10. The van der Waals surface area contributed by atoms with Gasteiger partial charge in [-0.25, -0.2) is 0 Å². The second-order valence-electron chi connectivity index (χ2n) is 6.56. The summed E-state index contributed by atoms with van der Waals surface area (Å²) >= 11 is 0. The molecule has 0 aliphatic rings. The first-order valence-electron chi connectivity index (χ1n) is 8.89. The number of fused-ring (bicyclic) bond motifs is 1. The number of aromatic amines is 1. The summed E-state index contributed by atoms with van der Waals surface area (Å²) in [4.78, 5) is 15.7. The first-order chi connectivity index (χ1) is 13.4. The predicted octanol–water partition coefficient (Wildman–Crippen LogP) is 2.48. The molecule has 0 aliphatic carbocycles. The van der Waals surface area contributed by atoms with E-state index in [1.165, 1.54) is 0 Å². The van der Waals surface area contributed by atoms with E-state index < -0.39 is 6.10 Å². The number of aliphatic hydroxyl groups excluding tert-OH is 1. The maximum Gasteiger partial charge on any atom is 0.255 e. The number of nitrogens with one attached hydrogen (secondary N) is 1. The Morgan fingerprint density at radius 3 is 2.57 bits per heavy atom. The molecule has 1 aromatic heterocycles. The van der Waals surface area contributed by atoms with E-state index in [0.29, 0.717) is 45.8 Å². The smallest absolute Gasteiger partial charge is 0.255 e. The maximum absolute atomic E-state index is 12.8. The third-order valence-electron chi connectivity index (χ3n) is 4.42. The third kappa shape index (κ3) is 3.89. The fraction of sp³-hybridized carbons (Fsp3) is 0.286. The zero-order valence-corrected chi connectivity index (χ0v) is 16.1. The quantitative estimate of drug-likeness (QED) is 0.540. The number of benzene rings is 2. The molecule has 0 saturated carbocycles. The van der Waals surface area contributed by atoms with Crippen molar-refractivity contribution < 1.29 is 19.3 Å². The van der Waals surface area contributed by atoms with Crippen LogP contribution in [-0.4, -0.2) is 37.0 Å².